The molecule has 1 aromatic heterocycles. The van der Waals surface area contributed by atoms with Crippen LogP contribution in [0.5, 0.6) is 0 Å². The zero-order valence-electron chi connectivity index (χ0n) is 7.07. The monoisotopic (exact) mass is 184 g/mol. The van der Waals surface area contributed by atoms with Gasteiger partial charge in [0, 0.05) is 0 Å². The molecule has 0 aliphatic carbocycles. The second-order valence-electron chi connectivity index (χ2n) is 2.51. The number of alkyl halides is 1. The topological polar surface area (TPSA) is 63.1 Å². The van der Waals surface area contributed by atoms with Crippen LogP contribution in [0.15, 0.2) is 12.4 Å². The number of hydrogen-bond donors (Lipinski definition) is 1. The predicted octanol–water partition coefficient (Wildman–Crippen LogP) is 1.60. The molecule has 70 valence electrons. The predicted molar refractivity (Wildman–Crippen MR) is 43.1 cm³/mol. The summed E-state index contributed by atoms with van der Waals surface area (Å²) < 4.78 is 12.9. The number of rotatable bonds is 3. The first-order valence-electron chi connectivity index (χ1n) is 3.84. The number of halogens is 1. The summed E-state index contributed by atoms with van der Waals surface area (Å²) in [7, 11) is 0. The van der Waals surface area contributed by atoms with Crippen LogP contribution in [0.2, 0.25) is 0 Å². The Morgan fingerprint density at radius 3 is 2.69 bits per heavy atom. The van der Waals surface area contributed by atoms with E-state index in [2.05, 4.69) is 9.97 Å². The van der Waals surface area contributed by atoms with E-state index in [0.29, 0.717) is 6.42 Å². The molecule has 13 heavy (non-hydrogen) atoms. The Hall–Kier alpha value is -1.52. The lowest BCUT2D eigenvalue weighted by atomic mass is 10.2. The van der Waals surface area contributed by atoms with Gasteiger partial charge in [0.05, 0.1) is 18.1 Å². The molecule has 0 fully saturated rings. The number of carbonyl (C=O) groups is 1. The summed E-state index contributed by atoms with van der Waals surface area (Å²) in [6.07, 6.45) is 1.34. The lowest BCUT2D eigenvalue weighted by Gasteiger charge is -2.02. The van der Waals surface area contributed by atoms with Gasteiger partial charge in [-0.1, -0.05) is 6.92 Å². The first kappa shape index (κ1) is 9.57. The van der Waals surface area contributed by atoms with Crippen LogP contribution in [-0.4, -0.2) is 21.0 Å². The van der Waals surface area contributed by atoms with Gasteiger partial charge in [-0.2, -0.15) is 0 Å². The quantitative estimate of drug-likeness (QED) is 0.774. The number of aromatic carboxylic acids is 1. The summed E-state index contributed by atoms with van der Waals surface area (Å²) in [5, 5.41) is 8.48. The lowest BCUT2D eigenvalue weighted by molar-refractivity contribution is 0.0689. The third kappa shape index (κ3) is 2.21. The van der Waals surface area contributed by atoms with E-state index in [1.165, 1.54) is 0 Å². The smallest absolute Gasteiger partial charge is 0.356 e. The van der Waals surface area contributed by atoms with Gasteiger partial charge in [0.1, 0.15) is 6.17 Å². The van der Waals surface area contributed by atoms with E-state index < -0.39 is 12.1 Å². The number of hydrogen-bond acceptors (Lipinski definition) is 3. The first-order valence-corrected chi connectivity index (χ1v) is 3.84. The van der Waals surface area contributed by atoms with Gasteiger partial charge in [0.2, 0.25) is 0 Å². The average molecular weight is 184 g/mol. The Kier molecular flexibility index (Phi) is 2.89. The minimum absolute atomic E-state index is 0.174. The minimum atomic E-state index is -1.17. The van der Waals surface area contributed by atoms with Crippen molar-refractivity contribution in [2.24, 2.45) is 0 Å². The molecule has 1 N–H and O–H groups in total. The van der Waals surface area contributed by atoms with Crippen LogP contribution < -0.4 is 0 Å². The molecule has 1 unspecified atom stereocenters. The Balaban J connectivity index is 2.87. The maximum absolute atomic E-state index is 12.9. The maximum Gasteiger partial charge on any atom is 0.356 e. The van der Waals surface area contributed by atoms with E-state index in [0.717, 1.165) is 12.4 Å². The summed E-state index contributed by atoms with van der Waals surface area (Å²) in [4.78, 5) is 17.6. The van der Waals surface area contributed by atoms with Crippen molar-refractivity contribution in [1.82, 2.24) is 9.97 Å². The standard InChI is InChI=1S/C8H9FN2O2/c1-2-5(9)6-3-11-7(4-10-6)8(12)13/h3-5H,2H2,1H3,(H,12,13). The van der Waals surface area contributed by atoms with Crippen LogP contribution in [0.4, 0.5) is 4.39 Å². The minimum Gasteiger partial charge on any atom is -0.476 e. The van der Waals surface area contributed by atoms with Crippen molar-refractivity contribution in [3.63, 3.8) is 0 Å². The highest BCUT2D eigenvalue weighted by Gasteiger charge is 2.10. The maximum atomic E-state index is 12.9. The highest BCUT2D eigenvalue weighted by molar-refractivity contribution is 5.84. The molecule has 0 aromatic carbocycles. The van der Waals surface area contributed by atoms with Gasteiger partial charge in [-0.05, 0) is 6.42 Å². The third-order valence-corrected chi connectivity index (χ3v) is 1.57. The van der Waals surface area contributed by atoms with Crippen molar-refractivity contribution in [3.8, 4) is 0 Å². The zero-order valence-corrected chi connectivity index (χ0v) is 7.07. The molecule has 1 rings (SSSR count). The number of aromatic nitrogens is 2. The Labute approximate surface area is 74.5 Å². The molecule has 5 heteroatoms. The molecule has 1 heterocycles. The molecular weight excluding hydrogens is 175 g/mol. The van der Waals surface area contributed by atoms with E-state index in [-0.39, 0.29) is 11.4 Å². The molecule has 0 aliphatic heterocycles. The van der Waals surface area contributed by atoms with Crippen molar-refractivity contribution in [3.05, 3.63) is 23.8 Å². The highest BCUT2D eigenvalue weighted by Crippen LogP contribution is 2.16. The van der Waals surface area contributed by atoms with E-state index in [1.807, 2.05) is 0 Å². The van der Waals surface area contributed by atoms with Crippen molar-refractivity contribution in [1.29, 1.82) is 0 Å². The third-order valence-electron chi connectivity index (χ3n) is 1.57. The summed E-state index contributed by atoms with van der Waals surface area (Å²) >= 11 is 0. The normalized spacial score (nSPS) is 12.5. The summed E-state index contributed by atoms with van der Waals surface area (Å²) in [5.74, 6) is -1.16. The van der Waals surface area contributed by atoms with E-state index >= 15 is 0 Å². The van der Waals surface area contributed by atoms with E-state index in [9.17, 15) is 9.18 Å². The van der Waals surface area contributed by atoms with Crippen LogP contribution in [0.3, 0.4) is 0 Å². The lowest BCUT2D eigenvalue weighted by Crippen LogP contribution is -2.03. The second kappa shape index (κ2) is 3.93. The number of nitrogens with zero attached hydrogens (tertiary/aromatic N) is 2. The molecule has 0 spiro atoms. The SMILES string of the molecule is CCC(F)c1cnc(C(=O)O)cn1. The molecule has 0 bridgehead atoms. The van der Waals surface area contributed by atoms with Crippen LogP contribution in [0, 0.1) is 0 Å². The molecule has 4 nitrogen and oxygen atoms in total. The van der Waals surface area contributed by atoms with Gasteiger partial charge in [-0.25, -0.2) is 14.2 Å². The van der Waals surface area contributed by atoms with Crippen molar-refractivity contribution < 1.29 is 14.3 Å². The highest BCUT2D eigenvalue weighted by atomic mass is 19.1. The van der Waals surface area contributed by atoms with E-state index in [1.54, 1.807) is 6.92 Å². The van der Waals surface area contributed by atoms with Gasteiger partial charge in [-0.3, -0.25) is 4.98 Å². The van der Waals surface area contributed by atoms with Crippen LogP contribution in [0.1, 0.15) is 35.7 Å². The fourth-order valence-corrected chi connectivity index (χ4v) is 0.819. The fraction of sp³-hybridized carbons (Fsp3) is 0.375. The van der Waals surface area contributed by atoms with Crippen molar-refractivity contribution >= 4 is 5.97 Å². The van der Waals surface area contributed by atoms with Crippen LogP contribution in [-0.2, 0) is 0 Å². The molecule has 0 aliphatic rings. The van der Waals surface area contributed by atoms with Crippen molar-refractivity contribution in [2.75, 3.05) is 0 Å². The number of carboxylic acid groups (broad SMARTS) is 1. The molecule has 0 saturated carbocycles. The van der Waals surface area contributed by atoms with Gasteiger partial charge >= 0.3 is 5.97 Å². The van der Waals surface area contributed by atoms with E-state index in [4.69, 9.17) is 5.11 Å². The fourth-order valence-electron chi connectivity index (χ4n) is 0.819. The Morgan fingerprint density at radius 1 is 1.62 bits per heavy atom. The molecule has 1 atom stereocenters. The summed E-state index contributed by atoms with van der Waals surface area (Å²) in [6.45, 7) is 1.68. The molecule has 1 aromatic rings. The van der Waals surface area contributed by atoms with Crippen molar-refractivity contribution in [2.45, 2.75) is 19.5 Å². The van der Waals surface area contributed by atoms with Crippen LogP contribution >= 0.6 is 0 Å². The Morgan fingerprint density at radius 2 is 2.31 bits per heavy atom. The van der Waals surface area contributed by atoms with Gasteiger partial charge in [0.15, 0.2) is 5.69 Å². The second-order valence-corrected chi connectivity index (χ2v) is 2.51. The summed E-state index contributed by atoms with van der Waals surface area (Å²) in [5.41, 5.74) is -0.000414. The number of carboxylic acids is 1. The average Bonchev–Trinajstić information content (AvgIpc) is 2.17. The largest absolute Gasteiger partial charge is 0.476 e. The molecule has 0 saturated heterocycles. The van der Waals surface area contributed by atoms with Gasteiger partial charge < -0.3 is 5.11 Å². The first-order chi connectivity index (χ1) is 6.15. The molecule has 0 amide bonds. The van der Waals surface area contributed by atoms with Crippen LogP contribution in [0.25, 0.3) is 0 Å². The zero-order chi connectivity index (χ0) is 9.84. The van der Waals surface area contributed by atoms with Gasteiger partial charge in [-0.15, -0.1) is 0 Å². The molecular formula is C8H9FN2O2. The molecule has 0 radical (unpaired) electrons. The summed E-state index contributed by atoms with van der Waals surface area (Å²) in [6, 6.07) is 0. The van der Waals surface area contributed by atoms with Gasteiger partial charge in [0.25, 0.3) is 0 Å². The Bertz CT molecular complexity index is 300.